The molecule has 1 aliphatic rings. The van der Waals surface area contributed by atoms with Crippen molar-refractivity contribution < 1.29 is 4.74 Å². The summed E-state index contributed by atoms with van der Waals surface area (Å²) >= 11 is 0. The molecule has 2 aromatic carbocycles. The summed E-state index contributed by atoms with van der Waals surface area (Å²) in [6, 6.07) is 21.2. The van der Waals surface area contributed by atoms with Gasteiger partial charge in [-0.25, -0.2) is 0 Å². The van der Waals surface area contributed by atoms with E-state index in [1.807, 2.05) is 24.4 Å². The number of fused-ring (bicyclic) bond motifs is 1. The summed E-state index contributed by atoms with van der Waals surface area (Å²) in [5, 5.41) is 3.60. The zero-order chi connectivity index (χ0) is 17.8. The number of ether oxygens (including phenoxy) is 1. The van der Waals surface area contributed by atoms with Crippen LogP contribution >= 0.6 is 0 Å². The molecule has 3 heteroatoms. The average Bonchev–Trinajstić information content (AvgIpc) is 2.72. The maximum Gasteiger partial charge on any atom is 0.120 e. The van der Waals surface area contributed by atoms with Gasteiger partial charge in [-0.05, 0) is 53.3 Å². The molecule has 0 bridgehead atoms. The molecule has 1 aliphatic heterocycles. The smallest absolute Gasteiger partial charge is 0.120 e. The fourth-order valence-electron chi connectivity index (χ4n) is 3.45. The lowest BCUT2D eigenvalue weighted by atomic mass is 9.92. The van der Waals surface area contributed by atoms with Gasteiger partial charge in [-0.2, -0.15) is 0 Å². The summed E-state index contributed by atoms with van der Waals surface area (Å²) in [5.74, 6) is 0.933. The Kier molecular flexibility index (Phi) is 4.98. The highest BCUT2D eigenvalue weighted by molar-refractivity contribution is 5.42. The third-order valence-electron chi connectivity index (χ3n) is 4.97. The number of benzene rings is 2. The largest absolute Gasteiger partial charge is 0.489 e. The Labute approximate surface area is 155 Å². The standard InChI is InChI=1S/C23H24N2O/c1-2-17-8-11-22(25-15-17)23-21-10-9-20(14-19(21)12-13-24-23)26-16-18-6-4-3-5-7-18/h3-11,14-15,23-24H,2,12-13,16H2,1H3. The Morgan fingerprint density at radius 1 is 1.04 bits per heavy atom. The van der Waals surface area contributed by atoms with Crippen LogP contribution in [0.15, 0.2) is 66.9 Å². The van der Waals surface area contributed by atoms with Gasteiger partial charge in [0.05, 0.1) is 11.7 Å². The van der Waals surface area contributed by atoms with Gasteiger partial charge in [0.1, 0.15) is 12.4 Å². The summed E-state index contributed by atoms with van der Waals surface area (Å²) in [5.41, 5.74) is 6.20. The lowest BCUT2D eigenvalue weighted by Gasteiger charge is -2.27. The molecule has 0 spiro atoms. The van der Waals surface area contributed by atoms with Gasteiger partial charge in [0, 0.05) is 12.7 Å². The van der Waals surface area contributed by atoms with Crippen LogP contribution in [0, 0.1) is 0 Å². The Bertz CT molecular complexity index is 859. The second kappa shape index (κ2) is 7.71. The van der Waals surface area contributed by atoms with Crippen LogP contribution in [0.1, 0.15) is 40.9 Å². The quantitative estimate of drug-likeness (QED) is 0.742. The molecule has 132 valence electrons. The lowest BCUT2D eigenvalue weighted by Crippen LogP contribution is -2.31. The van der Waals surface area contributed by atoms with Crippen LogP contribution in [0.25, 0.3) is 0 Å². The van der Waals surface area contributed by atoms with Crippen molar-refractivity contribution >= 4 is 0 Å². The molecule has 26 heavy (non-hydrogen) atoms. The molecular weight excluding hydrogens is 320 g/mol. The first-order valence-corrected chi connectivity index (χ1v) is 9.31. The van der Waals surface area contributed by atoms with Gasteiger partial charge in [-0.1, -0.05) is 49.4 Å². The van der Waals surface area contributed by atoms with Crippen LogP contribution in [0.3, 0.4) is 0 Å². The SMILES string of the molecule is CCc1ccc(C2NCCc3cc(OCc4ccccc4)ccc32)nc1. The molecule has 0 saturated heterocycles. The first kappa shape index (κ1) is 16.8. The van der Waals surface area contributed by atoms with Crippen molar-refractivity contribution in [3.63, 3.8) is 0 Å². The zero-order valence-electron chi connectivity index (χ0n) is 15.1. The number of hydrogen-bond acceptors (Lipinski definition) is 3. The second-order valence-electron chi connectivity index (χ2n) is 6.72. The molecule has 0 fully saturated rings. The molecule has 2 heterocycles. The number of nitrogens with zero attached hydrogens (tertiary/aromatic N) is 1. The van der Waals surface area contributed by atoms with E-state index in [1.54, 1.807) is 0 Å². The van der Waals surface area contributed by atoms with Crippen molar-refractivity contribution in [3.8, 4) is 5.75 Å². The molecule has 1 unspecified atom stereocenters. The van der Waals surface area contributed by atoms with Crippen LogP contribution in [0.4, 0.5) is 0 Å². The van der Waals surface area contributed by atoms with E-state index in [0.29, 0.717) is 6.61 Å². The molecule has 3 aromatic rings. The Balaban J connectivity index is 1.53. The minimum atomic E-state index is 0.160. The van der Waals surface area contributed by atoms with E-state index in [4.69, 9.17) is 4.74 Å². The molecule has 0 saturated carbocycles. The molecule has 1 aromatic heterocycles. The van der Waals surface area contributed by atoms with Gasteiger partial charge in [0.25, 0.3) is 0 Å². The highest BCUT2D eigenvalue weighted by atomic mass is 16.5. The van der Waals surface area contributed by atoms with Crippen molar-refractivity contribution in [3.05, 3.63) is 94.8 Å². The van der Waals surface area contributed by atoms with Crippen molar-refractivity contribution in [2.45, 2.75) is 32.4 Å². The van der Waals surface area contributed by atoms with Crippen LogP contribution in [-0.4, -0.2) is 11.5 Å². The number of rotatable bonds is 5. The van der Waals surface area contributed by atoms with Gasteiger partial charge < -0.3 is 10.1 Å². The van der Waals surface area contributed by atoms with Crippen LogP contribution in [-0.2, 0) is 19.4 Å². The van der Waals surface area contributed by atoms with Crippen LogP contribution in [0.5, 0.6) is 5.75 Å². The maximum atomic E-state index is 5.99. The predicted octanol–water partition coefficient (Wildman–Crippen LogP) is 4.46. The van der Waals surface area contributed by atoms with Crippen LogP contribution < -0.4 is 10.1 Å². The van der Waals surface area contributed by atoms with Crippen LogP contribution in [0.2, 0.25) is 0 Å². The monoisotopic (exact) mass is 344 g/mol. The first-order valence-electron chi connectivity index (χ1n) is 9.31. The fourth-order valence-corrected chi connectivity index (χ4v) is 3.45. The van der Waals surface area contributed by atoms with E-state index in [2.05, 4.69) is 59.7 Å². The van der Waals surface area contributed by atoms with Crippen molar-refractivity contribution in [2.24, 2.45) is 0 Å². The van der Waals surface area contributed by atoms with Gasteiger partial charge in [0.15, 0.2) is 0 Å². The first-order chi connectivity index (χ1) is 12.8. The molecule has 0 amide bonds. The molecule has 1 N–H and O–H groups in total. The van der Waals surface area contributed by atoms with Gasteiger partial charge in [-0.15, -0.1) is 0 Å². The van der Waals surface area contributed by atoms with E-state index < -0.39 is 0 Å². The molecule has 0 aliphatic carbocycles. The predicted molar refractivity (Wildman–Crippen MR) is 104 cm³/mol. The third kappa shape index (κ3) is 3.63. The van der Waals surface area contributed by atoms with E-state index in [1.165, 1.54) is 22.3 Å². The molecule has 4 rings (SSSR count). The lowest BCUT2D eigenvalue weighted by molar-refractivity contribution is 0.305. The minimum absolute atomic E-state index is 0.160. The van der Waals surface area contributed by atoms with E-state index in [0.717, 1.165) is 30.8 Å². The number of aromatic nitrogens is 1. The second-order valence-corrected chi connectivity index (χ2v) is 6.72. The fraction of sp³-hybridized carbons (Fsp3) is 0.261. The van der Waals surface area contributed by atoms with Gasteiger partial charge in [-0.3, -0.25) is 4.98 Å². The van der Waals surface area contributed by atoms with Gasteiger partial charge in [0.2, 0.25) is 0 Å². The molecular formula is C23H24N2O. The van der Waals surface area contributed by atoms with Crippen molar-refractivity contribution in [1.29, 1.82) is 0 Å². The summed E-state index contributed by atoms with van der Waals surface area (Å²) in [7, 11) is 0. The summed E-state index contributed by atoms with van der Waals surface area (Å²) in [6.07, 6.45) is 4.02. The summed E-state index contributed by atoms with van der Waals surface area (Å²) < 4.78 is 5.99. The van der Waals surface area contributed by atoms with E-state index >= 15 is 0 Å². The number of pyridine rings is 1. The van der Waals surface area contributed by atoms with E-state index in [-0.39, 0.29) is 6.04 Å². The molecule has 3 nitrogen and oxygen atoms in total. The van der Waals surface area contributed by atoms with Gasteiger partial charge >= 0.3 is 0 Å². The Morgan fingerprint density at radius 3 is 2.69 bits per heavy atom. The Morgan fingerprint density at radius 2 is 1.92 bits per heavy atom. The van der Waals surface area contributed by atoms with Crippen molar-refractivity contribution in [2.75, 3.05) is 6.54 Å². The maximum absolute atomic E-state index is 5.99. The zero-order valence-corrected chi connectivity index (χ0v) is 15.1. The number of hydrogen-bond donors (Lipinski definition) is 1. The normalized spacial score (nSPS) is 16.1. The molecule has 0 radical (unpaired) electrons. The topological polar surface area (TPSA) is 34.1 Å². The molecule has 1 atom stereocenters. The number of nitrogens with one attached hydrogen (secondary N) is 1. The third-order valence-corrected chi connectivity index (χ3v) is 4.97. The summed E-state index contributed by atoms with van der Waals surface area (Å²) in [6.45, 7) is 3.71. The average molecular weight is 344 g/mol. The van der Waals surface area contributed by atoms with Crippen molar-refractivity contribution in [1.82, 2.24) is 10.3 Å². The highest BCUT2D eigenvalue weighted by Crippen LogP contribution is 2.30. The summed E-state index contributed by atoms with van der Waals surface area (Å²) in [4.78, 5) is 4.68. The highest BCUT2D eigenvalue weighted by Gasteiger charge is 2.22. The minimum Gasteiger partial charge on any atom is -0.489 e. The van der Waals surface area contributed by atoms with E-state index in [9.17, 15) is 0 Å². The Hall–Kier alpha value is -2.65. The number of aryl methyl sites for hydroxylation is 1.